The Hall–Kier alpha value is -1.12. The number of carbonyl (C=O) groups excluding carboxylic acids is 1. The number of rotatable bonds is 1. The fourth-order valence-electron chi connectivity index (χ4n) is 0.993. The average molecular weight is 186 g/mol. The molecule has 1 aromatic rings. The highest BCUT2D eigenvalue weighted by Gasteiger charge is 2.26. The molecule has 7 nitrogen and oxygen atoms in total. The lowest BCUT2D eigenvalue weighted by atomic mass is 10.3. The van der Waals surface area contributed by atoms with Gasteiger partial charge in [-0.3, -0.25) is 4.79 Å². The van der Waals surface area contributed by atoms with Gasteiger partial charge in [0.05, 0.1) is 6.54 Å². The van der Waals surface area contributed by atoms with E-state index in [1.165, 1.54) is 4.68 Å². The maximum Gasteiger partial charge on any atom is 0.240 e. The first kappa shape index (κ1) is 7.53. The zero-order valence-corrected chi connectivity index (χ0v) is 6.76. The molecule has 1 atom stereocenters. The second kappa shape index (κ2) is 2.73. The number of aromatic nitrogens is 4. The number of hydrazine groups is 1. The van der Waals surface area contributed by atoms with Crippen LogP contribution in [0.1, 0.15) is 6.17 Å². The quantitative estimate of drug-likeness (QED) is 0.463. The van der Waals surface area contributed by atoms with Crippen molar-refractivity contribution in [2.75, 3.05) is 6.54 Å². The second-order valence-corrected chi connectivity index (χ2v) is 2.68. The fraction of sp³-hybridized carbons (Fsp3) is 0.500. The third kappa shape index (κ3) is 1.05. The van der Waals surface area contributed by atoms with Gasteiger partial charge in [0.1, 0.15) is 0 Å². The van der Waals surface area contributed by atoms with Crippen molar-refractivity contribution in [3.63, 3.8) is 0 Å². The molecule has 0 radical (unpaired) electrons. The van der Waals surface area contributed by atoms with Gasteiger partial charge in [-0.2, -0.15) is 5.21 Å². The molecule has 1 aliphatic heterocycles. The molecule has 1 saturated heterocycles. The standard InChI is InChI=1S/C4H6N6OS/c11-2-1-5-6-3(2)10-4(12)7-8-9-10/h3,5-6H,1H2,(H,7,9,12). The third-order valence-electron chi connectivity index (χ3n) is 1.56. The molecule has 0 spiro atoms. The molecule has 1 aromatic heterocycles. The summed E-state index contributed by atoms with van der Waals surface area (Å²) >= 11 is 4.81. The minimum Gasteiger partial charge on any atom is -0.294 e. The van der Waals surface area contributed by atoms with Gasteiger partial charge in [-0.25, -0.2) is 15.5 Å². The van der Waals surface area contributed by atoms with Crippen LogP contribution in [-0.2, 0) is 4.79 Å². The summed E-state index contributed by atoms with van der Waals surface area (Å²) in [6.07, 6.45) is -0.507. The van der Waals surface area contributed by atoms with Crippen LogP contribution in [0.5, 0.6) is 0 Å². The molecule has 3 N–H and O–H groups in total. The molecule has 1 unspecified atom stereocenters. The van der Waals surface area contributed by atoms with Crippen molar-refractivity contribution >= 4 is 18.0 Å². The van der Waals surface area contributed by atoms with E-state index in [1.54, 1.807) is 0 Å². The number of nitrogens with one attached hydrogen (secondary N) is 3. The summed E-state index contributed by atoms with van der Waals surface area (Å²) in [5, 5.41) is 9.52. The third-order valence-corrected chi connectivity index (χ3v) is 1.84. The molecule has 0 aliphatic carbocycles. The number of hydrogen-bond acceptors (Lipinski definition) is 6. The van der Waals surface area contributed by atoms with Crippen LogP contribution in [0.3, 0.4) is 0 Å². The van der Waals surface area contributed by atoms with Crippen molar-refractivity contribution in [3.05, 3.63) is 4.77 Å². The molecule has 12 heavy (non-hydrogen) atoms. The largest absolute Gasteiger partial charge is 0.294 e. The van der Waals surface area contributed by atoms with Gasteiger partial charge in [-0.15, -0.1) is 0 Å². The maximum atomic E-state index is 11.2. The molecule has 1 aliphatic rings. The number of hydrogen-bond donors (Lipinski definition) is 3. The highest BCUT2D eigenvalue weighted by Crippen LogP contribution is 2.03. The van der Waals surface area contributed by atoms with E-state index in [0.717, 1.165) is 0 Å². The van der Waals surface area contributed by atoms with Gasteiger partial charge in [-0.05, 0) is 12.2 Å². The molecular formula is C4H6N6OS. The number of tetrazole rings is 1. The maximum absolute atomic E-state index is 11.2. The number of aromatic amines is 1. The summed E-state index contributed by atoms with van der Waals surface area (Å²) in [4.78, 5) is 11.2. The number of carbonyl (C=O) groups is 1. The average Bonchev–Trinajstić information content (AvgIpc) is 2.59. The van der Waals surface area contributed by atoms with E-state index in [1.807, 2.05) is 0 Å². The normalized spacial score (nSPS) is 23.3. The lowest BCUT2D eigenvalue weighted by Crippen LogP contribution is -2.30. The number of Topliss-reactive ketones (excluding diaryl/α,β-unsaturated/α-hetero) is 1. The zero-order valence-electron chi connectivity index (χ0n) is 5.94. The monoisotopic (exact) mass is 186 g/mol. The molecule has 0 saturated carbocycles. The van der Waals surface area contributed by atoms with Gasteiger partial charge in [0.15, 0.2) is 11.9 Å². The van der Waals surface area contributed by atoms with Crippen LogP contribution in [0.4, 0.5) is 0 Å². The van der Waals surface area contributed by atoms with Crippen molar-refractivity contribution < 1.29 is 4.79 Å². The first-order valence-corrected chi connectivity index (χ1v) is 3.70. The Morgan fingerprint density at radius 3 is 3.00 bits per heavy atom. The zero-order chi connectivity index (χ0) is 8.55. The summed E-state index contributed by atoms with van der Waals surface area (Å²) in [6, 6.07) is 0. The Labute approximate surface area is 72.1 Å². The van der Waals surface area contributed by atoms with Gasteiger partial charge >= 0.3 is 0 Å². The molecule has 8 heteroatoms. The van der Waals surface area contributed by atoms with Crippen molar-refractivity contribution in [1.29, 1.82) is 0 Å². The molecular weight excluding hydrogens is 180 g/mol. The Bertz CT molecular complexity index is 354. The molecule has 0 aromatic carbocycles. The molecule has 0 amide bonds. The highest BCUT2D eigenvalue weighted by molar-refractivity contribution is 7.71. The number of ketones is 1. The summed E-state index contributed by atoms with van der Waals surface area (Å²) in [7, 11) is 0. The Morgan fingerprint density at radius 2 is 2.50 bits per heavy atom. The Morgan fingerprint density at radius 1 is 1.67 bits per heavy atom. The van der Waals surface area contributed by atoms with Crippen LogP contribution in [0.25, 0.3) is 0 Å². The van der Waals surface area contributed by atoms with Crippen molar-refractivity contribution in [3.8, 4) is 0 Å². The predicted octanol–water partition coefficient (Wildman–Crippen LogP) is -1.49. The van der Waals surface area contributed by atoms with Gasteiger partial charge in [-0.1, -0.05) is 10.3 Å². The molecule has 2 rings (SSSR count). The minimum atomic E-state index is -0.507. The van der Waals surface area contributed by atoms with Gasteiger partial charge in [0.2, 0.25) is 4.77 Å². The van der Waals surface area contributed by atoms with E-state index in [9.17, 15) is 4.79 Å². The van der Waals surface area contributed by atoms with Crippen molar-refractivity contribution in [2.45, 2.75) is 6.17 Å². The number of H-pyrrole nitrogens is 1. The lowest BCUT2D eigenvalue weighted by molar-refractivity contribution is -0.119. The van der Waals surface area contributed by atoms with E-state index in [-0.39, 0.29) is 17.1 Å². The van der Waals surface area contributed by atoms with Crippen molar-refractivity contribution in [1.82, 2.24) is 31.1 Å². The summed E-state index contributed by atoms with van der Waals surface area (Å²) < 4.78 is 1.64. The SMILES string of the molecule is O=C1CNNC1n1[nH]nnc1=S. The van der Waals surface area contributed by atoms with Gasteiger partial charge in [0.25, 0.3) is 0 Å². The first-order chi connectivity index (χ1) is 5.79. The summed E-state index contributed by atoms with van der Waals surface area (Å²) in [5.41, 5.74) is 5.43. The van der Waals surface area contributed by atoms with Crippen LogP contribution in [0, 0.1) is 4.77 Å². The van der Waals surface area contributed by atoms with E-state index < -0.39 is 6.17 Å². The smallest absolute Gasteiger partial charge is 0.240 e. The molecule has 2 heterocycles. The van der Waals surface area contributed by atoms with Crippen LogP contribution in [0.2, 0.25) is 0 Å². The van der Waals surface area contributed by atoms with Crippen LogP contribution >= 0.6 is 12.2 Å². The van der Waals surface area contributed by atoms with E-state index in [0.29, 0.717) is 0 Å². The Balaban J connectivity index is 2.36. The first-order valence-electron chi connectivity index (χ1n) is 3.30. The molecule has 1 fully saturated rings. The van der Waals surface area contributed by atoms with Crippen LogP contribution < -0.4 is 10.9 Å². The van der Waals surface area contributed by atoms with Crippen LogP contribution in [0.15, 0.2) is 0 Å². The molecule has 64 valence electrons. The molecule has 0 bridgehead atoms. The number of nitrogens with zero attached hydrogens (tertiary/aromatic N) is 3. The predicted molar refractivity (Wildman–Crippen MR) is 40.4 cm³/mol. The lowest BCUT2D eigenvalue weighted by Gasteiger charge is -2.06. The Kier molecular flexibility index (Phi) is 1.71. The van der Waals surface area contributed by atoms with Gasteiger partial charge < -0.3 is 0 Å². The van der Waals surface area contributed by atoms with Crippen molar-refractivity contribution in [2.24, 2.45) is 0 Å². The van der Waals surface area contributed by atoms with E-state index in [4.69, 9.17) is 12.2 Å². The highest BCUT2D eigenvalue weighted by atomic mass is 32.1. The summed E-state index contributed by atoms with van der Waals surface area (Å²) in [6.45, 7) is 0.283. The van der Waals surface area contributed by atoms with Gasteiger partial charge in [0, 0.05) is 0 Å². The fourth-order valence-corrected chi connectivity index (χ4v) is 1.18. The minimum absolute atomic E-state index is 0.00264. The second-order valence-electron chi connectivity index (χ2n) is 2.32. The van der Waals surface area contributed by atoms with E-state index >= 15 is 0 Å². The topological polar surface area (TPSA) is 87.6 Å². The van der Waals surface area contributed by atoms with Crippen LogP contribution in [-0.4, -0.2) is 32.5 Å². The van der Waals surface area contributed by atoms with E-state index in [2.05, 4.69) is 26.4 Å². The summed E-state index contributed by atoms with van der Waals surface area (Å²) in [5.74, 6) is -0.00264.